The van der Waals surface area contributed by atoms with Gasteiger partial charge in [-0.1, -0.05) is 30.3 Å². The van der Waals surface area contributed by atoms with Gasteiger partial charge in [0.05, 0.1) is 13.2 Å². The highest BCUT2D eigenvalue weighted by molar-refractivity contribution is 5.76. The van der Waals surface area contributed by atoms with Gasteiger partial charge in [-0.15, -0.1) is 0 Å². The normalized spacial score (nSPS) is 17.7. The van der Waals surface area contributed by atoms with Gasteiger partial charge in [0.25, 0.3) is 0 Å². The van der Waals surface area contributed by atoms with Crippen molar-refractivity contribution in [2.75, 3.05) is 26.3 Å². The summed E-state index contributed by atoms with van der Waals surface area (Å²) in [6, 6.07) is 18.0. The van der Waals surface area contributed by atoms with E-state index in [0.29, 0.717) is 26.2 Å². The van der Waals surface area contributed by atoms with Crippen LogP contribution in [0.5, 0.6) is 11.5 Å². The van der Waals surface area contributed by atoms with Crippen LogP contribution < -0.4 is 10.1 Å². The maximum atomic E-state index is 12.0. The Morgan fingerprint density at radius 1 is 1.19 bits per heavy atom. The number of hydrogen-bond acceptors (Lipinski definition) is 4. The van der Waals surface area contributed by atoms with Crippen molar-refractivity contribution in [1.29, 1.82) is 0 Å². The van der Waals surface area contributed by atoms with Crippen LogP contribution in [0.15, 0.2) is 54.6 Å². The molecule has 5 heteroatoms. The molecule has 1 aliphatic heterocycles. The molecule has 5 nitrogen and oxygen atoms in total. The minimum absolute atomic E-state index is 0.0779. The van der Waals surface area contributed by atoms with E-state index in [1.807, 2.05) is 49.4 Å². The number of carbonyl (C=O) groups is 1. The third-order valence-corrected chi connectivity index (χ3v) is 4.41. The molecule has 1 amide bonds. The van der Waals surface area contributed by atoms with Gasteiger partial charge in [-0.25, -0.2) is 0 Å². The van der Waals surface area contributed by atoms with Crippen molar-refractivity contribution in [1.82, 2.24) is 10.2 Å². The minimum atomic E-state index is 0.0779. The van der Waals surface area contributed by atoms with Gasteiger partial charge in [0.15, 0.2) is 0 Å². The number of amides is 1. The van der Waals surface area contributed by atoms with Gasteiger partial charge in [-0.05, 0) is 36.8 Å². The highest BCUT2D eigenvalue weighted by Crippen LogP contribution is 2.23. The number of nitrogens with zero attached hydrogens (tertiary/aromatic N) is 1. The van der Waals surface area contributed by atoms with Crippen molar-refractivity contribution < 1.29 is 14.3 Å². The molecular weight excluding hydrogens is 328 g/mol. The van der Waals surface area contributed by atoms with E-state index in [0.717, 1.165) is 24.6 Å². The average Bonchev–Trinajstić information content (AvgIpc) is 2.65. The van der Waals surface area contributed by atoms with Gasteiger partial charge < -0.3 is 14.8 Å². The highest BCUT2D eigenvalue weighted by atomic mass is 16.5. The predicted octanol–water partition coefficient (Wildman–Crippen LogP) is 3.21. The summed E-state index contributed by atoms with van der Waals surface area (Å²) in [6.07, 6.45) is 0.466. The number of benzene rings is 2. The Morgan fingerprint density at radius 3 is 2.81 bits per heavy atom. The summed E-state index contributed by atoms with van der Waals surface area (Å²) < 4.78 is 11.5. The van der Waals surface area contributed by atoms with E-state index in [1.165, 1.54) is 5.56 Å². The fourth-order valence-corrected chi connectivity index (χ4v) is 3.14. The zero-order chi connectivity index (χ0) is 18.2. The van der Waals surface area contributed by atoms with E-state index in [1.54, 1.807) is 0 Å². The maximum absolute atomic E-state index is 12.0. The van der Waals surface area contributed by atoms with Gasteiger partial charge in [0.2, 0.25) is 5.91 Å². The van der Waals surface area contributed by atoms with E-state index in [-0.39, 0.29) is 11.9 Å². The number of carbonyl (C=O) groups excluding carboxylic acids is 1. The summed E-state index contributed by atoms with van der Waals surface area (Å²) in [5.74, 6) is 1.72. The summed E-state index contributed by atoms with van der Waals surface area (Å²) in [7, 11) is 0. The van der Waals surface area contributed by atoms with Crippen LogP contribution in [0.25, 0.3) is 0 Å². The third-order valence-electron chi connectivity index (χ3n) is 4.41. The smallest absolute Gasteiger partial charge is 0.221 e. The topological polar surface area (TPSA) is 50.8 Å². The molecule has 0 saturated carbocycles. The molecule has 3 rings (SSSR count). The van der Waals surface area contributed by atoms with E-state index in [9.17, 15) is 4.79 Å². The molecule has 0 unspecified atom stereocenters. The van der Waals surface area contributed by atoms with Crippen LogP contribution in [0.3, 0.4) is 0 Å². The SMILES string of the molecule is CCNC(=O)C[C@H]1COCCN1Cc1cccc(Oc2ccccc2)c1. The fourth-order valence-electron chi connectivity index (χ4n) is 3.14. The second-order valence-corrected chi connectivity index (χ2v) is 6.42. The van der Waals surface area contributed by atoms with Crippen LogP contribution in [0, 0.1) is 0 Å². The molecule has 0 spiro atoms. The molecule has 1 fully saturated rings. The van der Waals surface area contributed by atoms with Gasteiger partial charge in [-0.3, -0.25) is 9.69 Å². The molecule has 0 aromatic heterocycles. The van der Waals surface area contributed by atoms with E-state index >= 15 is 0 Å². The predicted molar refractivity (Wildman–Crippen MR) is 101 cm³/mol. The second kappa shape index (κ2) is 9.36. The van der Waals surface area contributed by atoms with Gasteiger partial charge in [-0.2, -0.15) is 0 Å². The summed E-state index contributed by atoms with van der Waals surface area (Å²) in [6.45, 7) is 5.49. The molecule has 0 radical (unpaired) electrons. The summed E-state index contributed by atoms with van der Waals surface area (Å²) in [5.41, 5.74) is 1.17. The Bertz CT molecular complexity index is 705. The largest absolute Gasteiger partial charge is 0.457 e. The Kier molecular flexibility index (Phi) is 6.63. The lowest BCUT2D eigenvalue weighted by Gasteiger charge is -2.35. The number of morpholine rings is 1. The molecule has 2 aromatic rings. The highest BCUT2D eigenvalue weighted by Gasteiger charge is 2.25. The quantitative estimate of drug-likeness (QED) is 0.830. The Morgan fingerprint density at radius 2 is 2.00 bits per heavy atom. The van der Waals surface area contributed by atoms with Crippen LogP contribution in [-0.4, -0.2) is 43.2 Å². The maximum Gasteiger partial charge on any atom is 0.221 e. The van der Waals surface area contributed by atoms with Crippen molar-refractivity contribution in [2.45, 2.75) is 25.9 Å². The van der Waals surface area contributed by atoms with E-state index in [2.05, 4.69) is 22.3 Å². The average molecular weight is 354 g/mol. The second-order valence-electron chi connectivity index (χ2n) is 6.42. The molecule has 1 atom stereocenters. The first-order chi connectivity index (χ1) is 12.7. The number of rotatable bonds is 7. The molecule has 1 N–H and O–H groups in total. The van der Waals surface area contributed by atoms with Gasteiger partial charge in [0, 0.05) is 32.1 Å². The van der Waals surface area contributed by atoms with Crippen LogP contribution in [-0.2, 0) is 16.1 Å². The molecule has 2 aromatic carbocycles. The Balaban J connectivity index is 1.64. The first-order valence-electron chi connectivity index (χ1n) is 9.15. The van der Waals surface area contributed by atoms with E-state index in [4.69, 9.17) is 9.47 Å². The first-order valence-corrected chi connectivity index (χ1v) is 9.15. The van der Waals surface area contributed by atoms with Crippen molar-refractivity contribution in [3.8, 4) is 11.5 Å². The Hall–Kier alpha value is -2.37. The Labute approximate surface area is 154 Å². The number of hydrogen-bond donors (Lipinski definition) is 1. The third kappa shape index (κ3) is 5.31. The zero-order valence-corrected chi connectivity index (χ0v) is 15.2. The van der Waals surface area contributed by atoms with E-state index < -0.39 is 0 Å². The van der Waals surface area contributed by atoms with Crippen LogP contribution >= 0.6 is 0 Å². The molecule has 1 aliphatic rings. The van der Waals surface area contributed by atoms with Gasteiger partial charge in [0.1, 0.15) is 11.5 Å². The lowest BCUT2D eigenvalue weighted by atomic mass is 10.1. The minimum Gasteiger partial charge on any atom is -0.457 e. The summed E-state index contributed by atoms with van der Waals surface area (Å²) >= 11 is 0. The summed E-state index contributed by atoms with van der Waals surface area (Å²) in [4.78, 5) is 14.3. The molecule has 26 heavy (non-hydrogen) atoms. The fraction of sp³-hybridized carbons (Fsp3) is 0.381. The molecule has 0 bridgehead atoms. The zero-order valence-electron chi connectivity index (χ0n) is 15.2. The lowest BCUT2D eigenvalue weighted by molar-refractivity contribution is -0.124. The van der Waals surface area contributed by atoms with Crippen molar-refractivity contribution in [3.63, 3.8) is 0 Å². The van der Waals surface area contributed by atoms with Crippen molar-refractivity contribution in [2.24, 2.45) is 0 Å². The molecule has 138 valence electrons. The monoisotopic (exact) mass is 354 g/mol. The number of para-hydroxylation sites is 1. The van der Waals surface area contributed by atoms with Crippen molar-refractivity contribution in [3.05, 3.63) is 60.2 Å². The van der Waals surface area contributed by atoms with Gasteiger partial charge >= 0.3 is 0 Å². The molecule has 0 aliphatic carbocycles. The molecule has 1 heterocycles. The molecular formula is C21H26N2O3. The molecule has 1 saturated heterocycles. The standard InChI is InChI=1S/C21H26N2O3/c1-2-22-21(24)14-18-16-25-12-11-23(18)15-17-7-6-10-20(13-17)26-19-8-4-3-5-9-19/h3-10,13,18H,2,11-12,14-16H2,1H3,(H,22,24)/t18-/m0/s1. The van der Waals surface area contributed by atoms with Crippen molar-refractivity contribution >= 4 is 5.91 Å². The van der Waals surface area contributed by atoms with Crippen LogP contribution in [0.1, 0.15) is 18.9 Å². The number of nitrogens with one attached hydrogen (secondary N) is 1. The van der Waals surface area contributed by atoms with Crippen LogP contribution in [0.2, 0.25) is 0 Å². The lowest BCUT2D eigenvalue weighted by Crippen LogP contribution is -2.47. The van der Waals surface area contributed by atoms with Crippen LogP contribution in [0.4, 0.5) is 0 Å². The number of ether oxygens (including phenoxy) is 2. The first kappa shape index (κ1) is 18.4. The summed E-state index contributed by atoms with van der Waals surface area (Å²) in [5, 5.41) is 2.87.